The molecule has 6 heteroatoms. The van der Waals surface area contributed by atoms with E-state index in [4.69, 9.17) is 5.73 Å². The predicted octanol–water partition coefficient (Wildman–Crippen LogP) is 1.16. The quantitative estimate of drug-likeness (QED) is 0.870. The zero-order valence-corrected chi connectivity index (χ0v) is 11.6. The van der Waals surface area contributed by atoms with Crippen molar-refractivity contribution >= 4 is 21.4 Å². The summed E-state index contributed by atoms with van der Waals surface area (Å²) in [7, 11) is -3.21. The summed E-state index contributed by atoms with van der Waals surface area (Å²) in [6.07, 6.45) is 3.82. The monoisotopic (exact) mass is 282 g/mol. The summed E-state index contributed by atoms with van der Waals surface area (Å²) in [6.45, 7) is 0. The van der Waals surface area contributed by atoms with E-state index in [1.807, 2.05) is 0 Å². The molecule has 0 heterocycles. The number of anilines is 1. The summed E-state index contributed by atoms with van der Waals surface area (Å²) in [5, 5.41) is 2.78. The number of hydrogen-bond acceptors (Lipinski definition) is 4. The molecule has 1 aliphatic carbocycles. The van der Waals surface area contributed by atoms with Crippen LogP contribution in [0.4, 0.5) is 5.69 Å². The van der Waals surface area contributed by atoms with Gasteiger partial charge in [-0.05, 0) is 37.1 Å². The van der Waals surface area contributed by atoms with E-state index < -0.39 is 9.84 Å². The zero-order chi connectivity index (χ0) is 14.0. The molecule has 1 amide bonds. The standard InChI is InChI=1S/C13H18N2O3S/c1-19(17,18)10-7-5-9(6-8-10)15-13(16)11-3-2-4-12(11)14/h5-8,11-12H,2-4,14H2,1H3,(H,15,16). The van der Waals surface area contributed by atoms with Crippen molar-refractivity contribution in [3.05, 3.63) is 24.3 Å². The van der Waals surface area contributed by atoms with Gasteiger partial charge in [0.2, 0.25) is 5.91 Å². The topological polar surface area (TPSA) is 89.3 Å². The minimum atomic E-state index is -3.21. The SMILES string of the molecule is CS(=O)(=O)c1ccc(NC(=O)C2CCCC2N)cc1. The normalized spacial score (nSPS) is 23.3. The molecule has 0 radical (unpaired) electrons. The first-order valence-corrected chi connectivity index (χ1v) is 8.13. The van der Waals surface area contributed by atoms with Crippen molar-refractivity contribution < 1.29 is 13.2 Å². The lowest BCUT2D eigenvalue weighted by Crippen LogP contribution is -2.34. The van der Waals surface area contributed by atoms with E-state index >= 15 is 0 Å². The third-order valence-electron chi connectivity index (χ3n) is 3.46. The predicted molar refractivity (Wildman–Crippen MR) is 73.5 cm³/mol. The van der Waals surface area contributed by atoms with Gasteiger partial charge in [-0.2, -0.15) is 0 Å². The molecule has 1 saturated carbocycles. The van der Waals surface area contributed by atoms with Gasteiger partial charge in [0.25, 0.3) is 0 Å². The molecular formula is C13H18N2O3S. The van der Waals surface area contributed by atoms with E-state index in [1.54, 1.807) is 12.1 Å². The Labute approximate surface area is 113 Å². The van der Waals surface area contributed by atoms with Gasteiger partial charge in [0.1, 0.15) is 0 Å². The molecule has 5 nitrogen and oxygen atoms in total. The first-order valence-electron chi connectivity index (χ1n) is 6.24. The molecule has 0 aliphatic heterocycles. The van der Waals surface area contributed by atoms with E-state index in [0.717, 1.165) is 25.5 Å². The Balaban J connectivity index is 2.06. The number of hydrogen-bond donors (Lipinski definition) is 2. The highest BCUT2D eigenvalue weighted by Crippen LogP contribution is 2.25. The molecule has 19 heavy (non-hydrogen) atoms. The summed E-state index contributed by atoms with van der Waals surface area (Å²) in [4.78, 5) is 12.2. The molecule has 1 aromatic rings. The number of nitrogens with one attached hydrogen (secondary N) is 1. The minimum absolute atomic E-state index is 0.0738. The summed E-state index contributed by atoms with van der Waals surface area (Å²) >= 11 is 0. The lowest BCUT2D eigenvalue weighted by Gasteiger charge is -2.15. The Kier molecular flexibility index (Phi) is 3.91. The van der Waals surface area contributed by atoms with Gasteiger partial charge in [-0.3, -0.25) is 4.79 Å². The molecule has 1 aliphatic rings. The highest BCUT2D eigenvalue weighted by molar-refractivity contribution is 7.90. The van der Waals surface area contributed by atoms with E-state index in [-0.39, 0.29) is 22.8 Å². The third-order valence-corrected chi connectivity index (χ3v) is 4.58. The fraction of sp³-hybridized carbons (Fsp3) is 0.462. The second-order valence-corrected chi connectivity index (χ2v) is 7.00. The first-order chi connectivity index (χ1) is 8.88. The Bertz CT molecular complexity index is 566. The van der Waals surface area contributed by atoms with E-state index in [0.29, 0.717) is 5.69 Å². The van der Waals surface area contributed by atoms with Crippen LogP contribution >= 0.6 is 0 Å². The molecule has 1 aromatic carbocycles. The van der Waals surface area contributed by atoms with Crippen molar-refractivity contribution in [1.29, 1.82) is 0 Å². The smallest absolute Gasteiger partial charge is 0.229 e. The Hall–Kier alpha value is -1.40. The fourth-order valence-electron chi connectivity index (χ4n) is 2.33. The Morgan fingerprint density at radius 1 is 1.26 bits per heavy atom. The number of benzene rings is 1. The Morgan fingerprint density at radius 3 is 2.37 bits per heavy atom. The van der Waals surface area contributed by atoms with E-state index in [9.17, 15) is 13.2 Å². The van der Waals surface area contributed by atoms with Crippen LogP contribution < -0.4 is 11.1 Å². The molecule has 0 spiro atoms. The number of nitrogens with two attached hydrogens (primary N) is 1. The minimum Gasteiger partial charge on any atom is -0.327 e. The maximum atomic E-state index is 12.0. The van der Waals surface area contributed by atoms with Gasteiger partial charge >= 0.3 is 0 Å². The average Bonchev–Trinajstić information content (AvgIpc) is 2.75. The average molecular weight is 282 g/mol. The molecule has 2 rings (SSSR count). The molecule has 2 unspecified atom stereocenters. The van der Waals surface area contributed by atoms with Gasteiger partial charge in [0, 0.05) is 18.0 Å². The highest BCUT2D eigenvalue weighted by atomic mass is 32.2. The fourth-order valence-corrected chi connectivity index (χ4v) is 2.97. The maximum absolute atomic E-state index is 12.0. The van der Waals surface area contributed by atoms with E-state index in [1.165, 1.54) is 12.1 Å². The van der Waals surface area contributed by atoms with Gasteiger partial charge < -0.3 is 11.1 Å². The molecule has 3 N–H and O–H groups in total. The maximum Gasteiger partial charge on any atom is 0.229 e. The molecule has 0 bridgehead atoms. The molecular weight excluding hydrogens is 264 g/mol. The molecule has 0 aromatic heterocycles. The van der Waals surface area contributed by atoms with Crippen LogP contribution in [0.15, 0.2) is 29.2 Å². The van der Waals surface area contributed by atoms with Crippen molar-refractivity contribution in [2.45, 2.75) is 30.2 Å². The molecule has 1 fully saturated rings. The second kappa shape index (κ2) is 5.30. The molecule has 2 atom stereocenters. The van der Waals surface area contributed by atoms with Crippen LogP contribution in [0.3, 0.4) is 0 Å². The van der Waals surface area contributed by atoms with Gasteiger partial charge in [0.05, 0.1) is 10.8 Å². The van der Waals surface area contributed by atoms with Crippen LogP contribution in [-0.4, -0.2) is 26.6 Å². The number of sulfone groups is 1. The highest BCUT2D eigenvalue weighted by Gasteiger charge is 2.30. The third kappa shape index (κ3) is 3.33. The summed E-state index contributed by atoms with van der Waals surface area (Å²) < 4.78 is 22.6. The van der Waals surface area contributed by atoms with Crippen LogP contribution in [0.1, 0.15) is 19.3 Å². The summed E-state index contributed by atoms with van der Waals surface area (Å²) in [5.74, 6) is -0.230. The van der Waals surface area contributed by atoms with E-state index in [2.05, 4.69) is 5.32 Å². The lowest BCUT2D eigenvalue weighted by molar-refractivity contribution is -0.120. The number of amides is 1. The van der Waals surface area contributed by atoms with Crippen LogP contribution in [0.25, 0.3) is 0 Å². The van der Waals surface area contributed by atoms with Gasteiger partial charge in [-0.1, -0.05) is 6.42 Å². The van der Waals surface area contributed by atoms with Crippen molar-refractivity contribution in [3.63, 3.8) is 0 Å². The van der Waals surface area contributed by atoms with Crippen molar-refractivity contribution in [1.82, 2.24) is 0 Å². The van der Waals surface area contributed by atoms with Crippen molar-refractivity contribution in [3.8, 4) is 0 Å². The lowest BCUT2D eigenvalue weighted by atomic mass is 10.0. The molecule has 104 valence electrons. The zero-order valence-electron chi connectivity index (χ0n) is 10.8. The summed E-state index contributed by atoms with van der Waals surface area (Å²) in [5.41, 5.74) is 6.47. The number of carbonyl (C=O) groups is 1. The van der Waals surface area contributed by atoms with Crippen LogP contribution in [0.5, 0.6) is 0 Å². The van der Waals surface area contributed by atoms with Crippen molar-refractivity contribution in [2.75, 3.05) is 11.6 Å². The van der Waals surface area contributed by atoms with Crippen molar-refractivity contribution in [2.24, 2.45) is 11.7 Å². The van der Waals surface area contributed by atoms with Crippen LogP contribution in [0.2, 0.25) is 0 Å². The number of carbonyl (C=O) groups excluding carboxylic acids is 1. The first kappa shape index (κ1) is 14.0. The second-order valence-electron chi connectivity index (χ2n) is 4.99. The van der Waals surface area contributed by atoms with Gasteiger partial charge in [0.15, 0.2) is 9.84 Å². The molecule has 0 saturated heterocycles. The number of rotatable bonds is 3. The van der Waals surface area contributed by atoms with Crippen LogP contribution in [0, 0.1) is 5.92 Å². The van der Waals surface area contributed by atoms with Gasteiger partial charge in [-0.15, -0.1) is 0 Å². The largest absolute Gasteiger partial charge is 0.327 e. The van der Waals surface area contributed by atoms with Crippen LogP contribution in [-0.2, 0) is 14.6 Å². The summed E-state index contributed by atoms with van der Waals surface area (Å²) in [6, 6.07) is 6.08. The van der Waals surface area contributed by atoms with Gasteiger partial charge in [-0.25, -0.2) is 8.42 Å². The Morgan fingerprint density at radius 2 is 1.89 bits per heavy atom.